The number of carbonyl (C=O) groups is 1. The van der Waals surface area contributed by atoms with Gasteiger partial charge in [0.15, 0.2) is 5.60 Å². The zero-order chi connectivity index (χ0) is 14.3. The van der Waals surface area contributed by atoms with Crippen LogP contribution in [0, 0.1) is 11.8 Å². The first-order valence-electron chi connectivity index (χ1n) is 7.47. The molecule has 0 unspecified atom stereocenters. The van der Waals surface area contributed by atoms with E-state index in [2.05, 4.69) is 23.7 Å². The molecule has 0 amide bonds. The van der Waals surface area contributed by atoms with Crippen LogP contribution in [-0.4, -0.2) is 21.2 Å². The lowest BCUT2D eigenvalue weighted by Crippen LogP contribution is -2.37. The van der Waals surface area contributed by atoms with Crippen LogP contribution in [0.1, 0.15) is 58.3 Å². The summed E-state index contributed by atoms with van der Waals surface area (Å²) in [6.07, 6.45) is 12.4. The molecular formula is C16H22N2O2. The quantitative estimate of drug-likeness (QED) is 0.622. The summed E-state index contributed by atoms with van der Waals surface area (Å²) in [6.45, 7) is 2.15. The summed E-state index contributed by atoms with van der Waals surface area (Å²) in [7, 11) is 0. The number of carbonyl (C=O) groups excluding carboxylic acids is 1. The third kappa shape index (κ3) is 3.86. The first kappa shape index (κ1) is 14.6. The molecule has 0 atom stereocenters. The van der Waals surface area contributed by atoms with Crippen LogP contribution in [-0.2, 0) is 4.74 Å². The molecule has 1 aliphatic carbocycles. The van der Waals surface area contributed by atoms with Crippen LogP contribution in [0.5, 0.6) is 0 Å². The first-order valence-corrected chi connectivity index (χ1v) is 7.47. The summed E-state index contributed by atoms with van der Waals surface area (Å²) >= 11 is 0. The lowest BCUT2D eigenvalue weighted by atomic mass is 9.85. The van der Waals surface area contributed by atoms with Crippen LogP contribution in [0.25, 0.3) is 0 Å². The second-order valence-corrected chi connectivity index (χ2v) is 5.30. The van der Waals surface area contributed by atoms with Gasteiger partial charge in [0.25, 0.3) is 0 Å². The van der Waals surface area contributed by atoms with Crippen molar-refractivity contribution < 1.29 is 9.53 Å². The van der Waals surface area contributed by atoms with Crippen LogP contribution >= 0.6 is 0 Å². The summed E-state index contributed by atoms with van der Waals surface area (Å²) in [5.74, 6) is 6.43. The predicted molar refractivity (Wildman–Crippen MR) is 77.2 cm³/mol. The van der Waals surface area contributed by atoms with Crippen molar-refractivity contribution in [3.8, 4) is 11.8 Å². The molecule has 1 aromatic rings. The standard InChI is InChI=1S/C16H22N2O2/c1-2-3-4-6-9-16(10-7-5-8-11-16)20-15(19)18-13-12-17-14-18/h12-14H,2-5,7-8,10-11H2,1H3. The number of hydrogen-bond acceptors (Lipinski definition) is 3. The minimum absolute atomic E-state index is 0.380. The zero-order valence-corrected chi connectivity index (χ0v) is 12.1. The number of aromatic nitrogens is 2. The van der Waals surface area contributed by atoms with Gasteiger partial charge in [-0.15, -0.1) is 0 Å². The van der Waals surface area contributed by atoms with Gasteiger partial charge in [0.1, 0.15) is 6.33 Å². The largest absolute Gasteiger partial charge is 0.429 e. The smallest absolute Gasteiger partial charge is 0.420 e. The number of rotatable bonds is 3. The molecule has 0 spiro atoms. The molecule has 108 valence electrons. The van der Waals surface area contributed by atoms with Crippen molar-refractivity contribution in [2.75, 3.05) is 0 Å². The van der Waals surface area contributed by atoms with Gasteiger partial charge in [-0.2, -0.15) is 0 Å². The summed E-state index contributed by atoms with van der Waals surface area (Å²) in [6, 6.07) is 0. The number of ether oxygens (including phenoxy) is 1. The van der Waals surface area contributed by atoms with Gasteiger partial charge in [0.2, 0.25) is 0 Å². The van der Waals surface area contributed by atoms with Crippen molar-refractivity contribution in [3.05, 3.63) is 18.7 Å². The molecular weight excluding hydrogens is 252 g/mol. The summed E-state index contributed by atoms with van der Waals surface area (Å²) in [5, 5.41) is 0. The van der Waals surface area contributed by atoms with Gasteiger partial charge in [-0.05, 0) is 32.1 Å². The highest BCUT2D eigenvalue weighted by Gasteiger charge is 2.34. The molecule has 1 fully saturated rings. The molecule has 20 heavy (non-hydrogen) atoms. The normalized spacial score (nSPS) is 17.1. The minimum Gasteiger partial charge on any atom is -0.429 e. The van der Waals surface area contributed by atoms with Gasteiger partial charge in [-0.3, -0.25) is 0 Å². The Morgan fingerprint density at radius 1 is 1.40 bits per heavy atom. The lowest BCUT2D eigenvalue weighted by molar-refractivity contribution is 0.0281. The monoisotopic (exact) mass is 274 g/mol. The maximum Gasteiger partial charge on any atom is 0.420 e. The predicted octanol–water partition coefficient (Wildman–Crippen LogP) is 3.76. The number of hydrogen-bond donors (Lipinski definition) is 0. The van der Waals surface area contributed by atoms with E-state index >= 15 is 0 Å². The average molecular weight is 274 g/mol. The van der Waals surface area contributed by atoms with Crippen molar-refractivity contribution in [1.29, 1.82) is 0 Å². The van der Waals surface area contributed by atoms with E-state index in [4.69, 9.17) is 4.74 Å². The third-order valence-corrected chi connectivity index (χ3v) is 3.63. The number of unbranched alkanes of at least 4 members (excludes halogenated alkanes) is 2. The van der Waals surface area contributed by atoms with E-state index in [1.807, 2.05) is 0 Å². The Balaban J connectivity index is 2.06. The molecule has 1 saturated carbocycles. The van der Waals surface area contributed by atoms with E-state index < -0.39 is 5.60 Å². The molecule has 1 heterocycles. The summed E-state index contributed by atoms with van der Waals surface area (Å²) in [5.41, 5.74) is -0.590. The van der Waals surface area contributed by atoms with Gasteiger partial charge >= 0.3 is 6.09 Å². The molecule has 1 aliphatic rings. The zero-order valence-electron chi connectivity index (χ0n) is 12.1. The maximum absolute atomic E-state index is 12.1. The molecule has 0 bridgehead atoms. The Labute approximate surface area is 120 Å². The van der Waals surface area contributed by atoms with E-state index in [0.29, 0.717) is 0 Å². The van der Waals surface area contributed by atoms with Gasteiger partial charge in [-0.1, -0.05) is 31.6 Å². The van der Waals surface area contributed by atoms with E-state index in [-0.39, 0.29) is 6.09 Å². The van der Waals surface area contributed by atoms with Crippen LogP contribution in [0.15, 0.2) is 18.7 Å². The van der Waals surface area contributed by atoms with E-state index in [9.17, 15) is 4.79 Å². The van der Waals surface area contributed by atoms with E-state index in [1.54, 1.807) is 12.4 Å². The van der Waals surface area contributed by atoms with Crippen molar-refractivity contribution in [2.45, 2.75) is 63.9 Å². The van der Waals surface area contributed by atoms with Gasteiger partial charge in [0, 0.05) is 18.8 Å². The highest BCUT2D eigenvalue weighted by molar-refractivity contribution is 5.71. The van der Waals surface area contributed by atoms with Crippen LogP contribution in [0.3, 0.4) is 0 Å². The van der Waals surface area contributed by atoms with Crippen molar-refractivity contribution >= 4 is 6.09 Å². The van der Waals surface area contributed by atoms with Crippen LogP contribution in [0.4, 0.5) is 4.79 Å². The number of nitrogens with zero attached hydrogens (tertiary/aromatic N) is 2. The Bertz CT molecular complexity index is 476. The molecule has 0 saturated heterocycles. The second-order valence-electron chi connectivity index (χ2n) is 5.30. The van der Waals surface area contributed by atoms with E-state index in [0.717, 1.165) is 44.9 Å². The van der Waals surface area contributed by atoms with E-state index in [1.165, 1.54) is 17.3 Å². The molecule has 0 aromatic carbocycles. The third-order valence-electron chi connectivity index (χ3n) is 3.63. The van der Waals surface area contributed by atoms with Crippen molar-refractivity contribution in [3.63, 3.8) is 0 Å². The highest BCUT2D eigenvalue weighted by Crippen LogP contribution is 2.31. The molecule has 0 radical (unpaired) electrons. The maximum atomic E-state index is 12.1. The Morgan fingerprint density at radius 2 is 2.20 bits per heavy atom. The topological polar surface area (TPSA) is 44.1 Å². The highest BCUT2D eigenvalue weighted by atomic mass is 16.6. The molecule has 1 aromatic heterocycles. The first-order chi connectivity index (χ1) is 9.76. The second kappa shape index (κ2) is 7.14. The van der Waals surface area contributed by atoms with Crippen molar-refractivity contribution in [2.24, 2.45) is 0 Å². The minimum atomic E-state index is -0.590. The molecule has 4 nitrogen and oxygen atoms in total. The Kier molecular flexibility index (Phi) is 5.23. The lowest BCUT2D eigenvalue weighted by Gasteiger charge is -2.31. The summed E-state index contributed by atoms with van der Waals surface area (Å²) < 4.78 is 7.08. The van der Waals surface area contributed by atoms with Crippen LogP contribution < -0.4 is 0 Å². The Hall–Kier alpha value is -1.76. The van der Waals surface area contributed by atoms with Crippen LogP contribution in [0.2, 0.25) is 0 Å². The molecule has 0 N–H and O–H groups in total. The molecule has 2 rings (SSSR count). The molecule has 4 heteroatoms. The van der Waals surface area contributed by atoms with Gasteiger partial charge in [-0.25, -0.2) is 14.3 Å². The average Bonchev–Trinajstić information content (AvgIpc) is 2.99. The van der Waals surface area contributed by atoms with Gasteiger partial charge in [0.05, 0.1) is 0 Å². The fourth-order valence-corrected chi connectivity index (χ4v) is 2.45. The van der Waals surface area contributed by atoms with Gasteiger partial charge < -0.3 is 4.74 Å². The fraction of sp³-hybridized carbons (Fsp3) is 0.625. The Morgan fingerprint density at radius 3 is 2.85 bits per heavy atom. The summed E-state index contributed by atoms with van der Waals surface area (Å²) in [4.78, 5) is 16.0. The SMILES string of the molecule is CCCCC#CC1(OC(=O)n2ccnc2)CCCCC1. The fourth-order valence-electron chi connectivity index (χ4n) is 2.45. The molecule has 0 aliphatic heterocycles. The number of imidazole rings is 1. The van der Waals surface area contributed by atoms with Crippen molar-refractivity contribution in [1.82, 2.24) is 9.55 Å².